The third-order valence-corrected chi connectivity index (χ3v) is 6.52. The van der Waals surface area contributed by atoms with E-state index < -0.39 is 0 Å². The second kappa shape index (κ2) is 5.14. The van der Waals surface area contributed by atoms with Crippen LogP contribution in [0.25, 0.3) is 15.9 Å². The summed E-state index contributed by atoms with van der Waals surface area (Å²) in [5, 5.41) is 12.0. The number of hydrogen-bond donors (Lipinski definition) is 0. The number of nitrogens with zero attached hydrogens (tertiary/aromatic N) is 4. The Morgan fingerprint density at radius 2 is 2.00 bits per heavy atom. The van der Waals surface area contributed by atoms with Gasteiger partial charge in [-0.1, -0.05) is 30.4 Å². The van der Waals surface area contributed by atoms with Crippen molar-refractivity contribution in [2.45, 2.75) is 36.5 Å². The Labute approximate surface area is 135 Å². The van der Waals surface area contributed by atoms with Crippen LogP contribution in [0, 0.1) is 5.92 Å². The maximum absolute atomic E-state index is 4.88. The average Bonchev–Trinajstić information content (AvgIpc) is 3.05. The molecule has 1 aliphatic carbocycles. The van der Waals surface area contributed by atoms with E-state index in [2.05, 4.69) is 27.8 Å². The Morgan fingerprint density at radius 3 is 2.76 bits per heavy atom. The third-order valence-electron chi connectivity index (χ3n) is 4.10. The molecule has 0 aliphatic heterocycles. The average molecular weight is 337 g/mol. The van der Waals surface area contributed by atoms with Gasteiger partial charge < -0.3 is 0 Å². The van der Waals surface area contributed by atoms with E-state index in [-0.39, 0.29) is 0 Å². The van der Waals surface area contributed by atoms with E-state index >= 15 is 0 Å². The number of hydrogen-bond acceptors (Lipinski definition) is 6. The highest BCUT2D eigenvalue weighted by molar-refractivity contribution is 7.99. The van der Waals surface area contributed by atoms with Crippen LogP contribution in [0.2, 0.25) is 0 Å². The van der Waals surface area contributed by atoms with E-state index in [1.807, 2.05) is 17.6 Å². The van der Waals surface area contributed by atoms with E-state index in [0.717, 1.165) is 33.1 Å². The van der Waals surface area contributed by atoms with Crippen LogP contribution in [0.5, 0.6) is 0 Å². The summed E-state index contributed by atoms with van der Waals surface area (Å²) in [5.41, 5.74) is 2.46. The van der Waals surface area contributed by atoms with Crippen molar-refractivity contribution in [1.82, 2.24) is 19.6 Å². The summed E-state index contributed by atoms with van der Waals surface area (Å²) in [6.45, 7) is 2.34. The first kappa shape index (κ1) is 13.8. The van der Waals surface area contributed by atoms with Crippen molar-refractivity contribution in [2.75, 3.05) is 12.5 Å². The largest absolute Gasteiger partial charge is 0.248 e. The summed E-state index contributed by atoms with van der Waals surface area (Å²) in [6, 6.07) is 0. The van der Waals surface area contributed by atoms with Crippen molar-refractivity contribution in [2.24, 2.45) is 5.92 Å². The quantitative estimate of drug-likeness (QED) is 0.524. The van der Waals surface area contributed by atoms with Crippen LogP contribution in [0.15, 0.2) is 10.3 Å². The fourth-order valence-electron chi connectivity index (χ4n) is 3.06. The van der Waals surface area contributed by atoms with Gasteiger partial charge in [-0.05, 0) is 43.3 Å². The minimum atomic E-state index is 0.779. The zero-order valence-corrected chi connectivity index (χ0v) is 14.7. The van der Waals surface area contributed by atoms with Crippen molar-refractivity contribution in [3.8, 4) is 0 Å². The molecule has 4 nitrogen and oxygen atoms in total. The fraction of sp³-hybridized carbons (Fsp3) is 0.500. The molecule has 0 amide bonds. The van der Waals surface area contributed by atoms with E-state index in [1.54, 1.807) is 23.5 Å². The molecule has 110 valence electrons. The Hall–Kier alpha value is -0.790. The summed E-state index contributed by atoms with van der Waals surface area (Å²) >= 11 is 5.13. The lowest BCUT2D eigenvalue weighted by atomic mass is 9.89. The molecule has 3 aromatic heterocycles. The van der Waals surface area contributed by atoms with Gasteiger partial charge in [-0.3, -0.25) is 0 Å². The lowest BCUT2D eigenvalue weighted by Crippen LogP contribution is -2.08. The van der Waals surface area contributed by atoms with E-state index in [0.29, 0.717) is 0 Å². The third kappa shape index (κ3) is 2.01. The summed E-state index contributed by atoms with van der Waals surface area (Å²) in [4.78, 5) is 7.52. The normalized spacial score (nSPS) is 18.5. The number of rotatable bonds is 2. The molecule has 0 radical (unpaired) electrons. The molecular formula is C14H16N4S3. The predicted octanol–water partition coefficient (Wildman–Crippen LogP) is 3.91. The van der Waals surface area contributed by atoms with Crippen LogP contribution in [-0.4, -0.2) is 32.1 Å². The first-order chi connectivity index (χ1) is 10.2. The zero-order valence-electron chi connectivity index (χ0n) is 12.2. The predicted molar refractivity (Wildman–Crippen MR) is 90.9 cm³/mol. The van der Waals surface area contributed by atoms with Gasteiger partial charge in [0.25, 0.3) is 0 Å². The Balaban J connectivity index is 2.10. The highest BCUT2D eigenvalue weighted by Crippen LogP contribution is 2.40. The van der Waals surface area contributed by atoms with Crippen LogP contribution in [0.3, 0.4) is 0 Å². The maximum atomic E-state index is 4.88. The Morgan fingerprint density at radius 1 is 1.19 bits per heavy atom. The van der Waals surface area contributed by atoms with E-state index in [9.17, 15) is 0 Å². The number of fused-ring (bicyclic) bond motifs is 5. The van der Waals surface area contributed by atoms with Crippen molar-refractivity contribution >= 4 is 50.7 Å². The maximum Gasteiger partial charge on any atom is 0.197 e. The van der Waals surface area contributed by atoms with E-state index in [1.165, 1.54) is 28.7 Å². The molecule has 0 unspecified atom stereocenters. The summed E-state index contributed by atoms with van der Waals surface area (Å²) in [5.74, 6) is 0.779. The standard InChI is InChI=1S/C14H16N4S3/c1-7-4-5-8-9(6-7)21-12-10(8)11-16-17-14(20-3)18(11)13(15-12)19-2/h7H,4-6H2,1-3H3/t7-/m1/s1. The van der Waals surface area contributed by atoms with Gasteiger partial charge in [0.05, 0.1) is 5.39 Å². The van der Waals surface area contributed by atoms with Crippen molar-refractivity contribution in [3.05, 3.63) is 10.4 Å². The topological polar surface area (TPSA) is 43.1 Å². The Kier molecular flexibility index (Phi) is 3.39. The molecule has 4 rings (SSSR count). The molecule has 3 heterocycles. The number of thiophene rings is 1. The van der Waals surface area contributed by atoms with Gasteiger partial charge in [-0.25, -0.2) is 9.38 Å². The first-order valence-corrected chi connectivity index (χ1v) is 10.3. The second-order valence-corrected chi connectivity index (χ2v) is 8.11. The van der Waals surface area contributed by atoms with Crippen LogP contribution in [0.1, 0.15) is 23.8 Å². The summed E-state index contributed by atoms with van der Waals surface area (Å²) in [6.07, 6.45) is 7.69. The van der Waals surface area contributed by atoms with Gasteiger partial charge in [0.1, 0.15) is 4.83 Å². The minimum absolute atomic E-state index is 0.779. The molecule has 21 heavy (non-hydrogen) atoms. The van der Waals surface area contributed by atoms with Gasteiger partial charge in [-0.2, -0.15) is 0 Å². The van der Waals surface area contributed by atoms with Gasteiger partial charge in [0, 0.05) is 4.88 Å². The molecule has 3 aromatic rings. The first-order valence-electron chi connectivity index (χ1n) is 7.00. The molecule has 0 saturated heterocycles. The van der Waals surface area contributed by atoms with Gasteiger partial charge >= 0.3 is 0 Å². The van der Waals surface area contributed by atoms with Crippen LogP contribution in [0.4, 0.5) is 0 Å². The molecule has 1 aliphatic rings. The number of aryl methyl sites for hydroxylation is 1. The van der Waals surface area contributed by atoms with Crippen LogP contribution >= 0.6 is 34.9 Å². The Bertz CT molecular complexity index is 836. The monoisotopic (exact) mass is 336 g/mol. The lowest BCUT2D eigenvalue weighted by Gasteiger charge is -2.17. The highest BCUT2D eigenvalue weighted by Gasteiger charge is 2.25. The van der Waals surface area contributed by atoms with E-state index in [4.69, 9.17) is 4.98 Å². The van der Waals surface area contributed by atoms with Crippen molar-refractivity contribution < 1.29 is 0 Å². The molecular weight excluding hydrogens is 320 g/mol. The molecule has 0 spiro atoms. The molecule has 0 aromatic carbocycles. The summed E-state index contributed by atoms with van der Waals surface area (Å²) in [7, 11) is 0. The number of aromatic nitrogens is 4. The molecule has 1 atom stereocenters. The number of thioether (sulfide) groups is 2. The van der Waals surface area contributed by atoms with Gasteiger partial charge in [0.15, 0.2) is 16.0 Å². The minimum Gasteiger partial charge on any atom is -0.248 e. The zero-order chi connectivity index (χ0) is 14.6. The van der Waals surface area contributed by atoms with Crippen LogP contribution < -0.4 is 0 Å². The second-order valence-electron chi connectivity index (χ2n) is 5.48. The van der Waals surface area contributed by atoms with Crippen molar-refractivity contribution in [3.63, 3.8) is 0 Å². The molecule has 0 saturated carbocycles. The van der Waals surface area contributed by atoms with Gasteiger partial charge in [-0.15, -0.1) is 21.5 Å². The fourth-order valence-corrected chi connectivity index (χ4v) is 5.56. The van der Waals surface area contributed by atoms with Crippen LogP contribution in [-0.2, 0) is 12.8 Å². The van der Waals surface area contributed by atoms with Gasteiger partial charge in [0.2, 0.25) is 0 Å². The smallest absolute Gasteiger partial charge is 0.197 e. The SMILES string of the molecule is CSc1nnc2c3c4c(sc3nc(SC)n12)C[C@H](C)CC4. The van der Waals surface area contributed by atoms with Crippen molar-refractivity contribution in [1.29, 1.82) is 0 Å². The summed E-state index contributed by atoms with van der Waals surface area (Å²) < 4.78 is 2.11. The molecule has 0 bridgehead atoms. The highest BCUT2D eigenvalue weighted by atomic mass is 32.2. The molecule has 0 fully saturated rings. The lowest BCUT2D eigenvalue weighted by molar-refractivity contribution is 0.509. The molecule has 7 heteroatoms. The molecule has 0 N–H and O–H groups in total.